The average Bonchev–Trinajstić information content (AvgIpc) is 4.11. The fraction of sp³-hybridized carbons (Fsp3) is 0.667. The molecule has 1 saturated heterocycles. The first-order valence-corrected chi connectivity index (χ1v) is 22.5. The molecule has 1 aromatic heterocycles. The molecule has 7 atom stereocenters. The number of fused-ring (bicyclic) bond motifs is 3. The van der Waals surface area contributed by atoms with Gasteiger partial charge in [0, 0.05) is 37.4 Å². The molecule has 2 aromatic rings. The van der Waals surface area contributed by atoms with Crippen molar-refractivity contribution in [3.8, 4) is 11.6 Å². The second kappa shape index (κ2) is 18.0. The monoisotopic (exact) mass is 912 g/mol. The van der Waals surface area contributed by atoms with Gasteiger partial charge in [-0.15, -0.1) is 0 Å². The van der Waals surface area contributed by atoms with Crippen molar-refractivity contribution in [2.75, 3.05) is 34.0 Å². The number of allylic oxidation sites excluding steroid dienone is 1. The van der Waals surface area contributed by atoms with Crippen molar-refractivity contribution in [1.29, 1.82) is 0 Å². The Kier molecular flexibility index (Phi) is 13.6. The van der Waals surface area contributed by atoms with Crippen molar-refractivity contribution < 1.29 is 64.1 Å². The van der Waals surface area contributed by atoms with Crippen LogP contribution in [0.2, 0.25) is 0 Å². The first-order valence-electron chi connectivity index (χ1n) is 21.0. The molecule has 16 nitrogen and oxygen atoms in total. The Morgan fingerprint density at radius 1 is 1.08 bits per heavy atom. The highest BCUT2D eigenvalue weighted by molar-refractivity contribution is 7.91. The molecular formula is C42H56F4N6O10S. The number of hydrogen-bond donors (Lipinski definition) is 3. The summed E-state index contributed by atoms with van der Waals surface area (Å²) in [5, 5.41) is 5.10. The van der Waals surface area contributed by atoms with Gasteiger partial charge in [-0.05, 0) is 70.4 Å². The zero-order valence-corrected chi connectivity index (χ0v) is 37.2. The van der Waals surface area contributed by atoms with Crippen molar-refractivity contribution in [2.45, 2.75) is 126 Å². The maximum absolute atomic E-state index is 15.1. The molecule has 6 rings (SSSR count). The third kappa shape index (κ3) is 9.98. The summed E-state index contributed by atoms with van der Waals surface area (Å²) in [6.07, 6.45) is -2.96. The normalized spacial score (nSPS) is 27.7. The summed E-state index contributed by atoms with van der Waals surface area (Å²) in [5.41, 5.74) is -3.32. The summed E-state index contributed by atoms with van der Waals surface area (Å²) in [6.45, 7) is 5.33. The largest absolute Gasteiger partial charge is 0.497 e. The minimum absolute atomic E-state index is 0.00974. The number of halogens is 4. The number of alkyl halides is 4. The number of alkyl carbamates (subject to hydrolysis) is 1. The van der Waals surface area contributed by atoms with E-state index in [1.807, 2.05) is 25.5 Å². The lowest BCUT2D eigenvalue weighted by molar-refractivity contribution is -0.244. The molecule has 348 valence electrons. The van der Waals surface area contributed by atoms with E-state index in [0.29, 0.717) is 49.2 Å². The molecule has 4 aliphatic rings. The zero-order chi connectivity index (χ0) is 46.3. The molecule has 4 amide bonds. The average molecular weight is 913 g/mol. The zero-order valence-electron chi connectivity index (χ0n) is 36.3. The van der Waals surface area contributed by atoms with E-state index in [9.17, 15) is 40.4 Å². The number of carbonyl (C=O) groups is 4. The fourth-order valence-electron chi connectivity index (χ4n) is 8.17. The van der Waals surface area contributed by atoms with Crippen LogP contribution < -0.4 is 24.8 Å². The van der Waals surface area contributed by atoms with Gasteiger partial charge in [0.1, 0.15) is 46.6 Å². The SMILES string of the molecule is COCC1CC(C)CCC=CC2CC2(C(=O)NS(=O)(=O)C2(CF)CC2)NC(=O)C2CC(Oc3nc4cc(OC)ccc4nc3C(C)C)CN2C(=O)C1NC(=O)OC(C)(C)C(F)(F)F. The number of nitrogens with zero attached hydrogens (tertiary/aromatic N) is 3. The van der Waals surface area contributed by atoms with Crippen molar-refractivity contribution >= 4 is 44.9 Å². The molecule has 0 bridgehead atoms. The van der Waals surface area contributed by atoms with Gasteiger partial charge in [-0.3, -0.25) is 19.1 Å². The van der Waals surface area contributed by atoms with Crippen molar-refractivity contribution in [3.63, 3.8) is 0 Å². The van der Waals surface area contributed by atoms with Crippen LogP contribution in [0.4, 0.5) is 22.4 Å². The molecule has 3 N–H and O–H groups in total. The minimum atomic E-state index is -4.97. The maximum Gasteiger partial charge on any atom is 0.427 e. The van der Waals surface area contributed by atoms with Crippen LogP contribution in [0.5, 0.6) is 11.6 Å². The predicted molar refractivity (Wildman–Crippen MR) is 220 cm³/mol. The second-order valence-corrected chi connectivity index (χ2v) is 20.1. The van der Waals surface area contributed by atoms with E-state index < -0.39 is 92.6 Å². The number of carbonyl (C=O) groups excluding carboxylic acids is 4. The van der Waals surface area contributed by atoms with E-state index in [0.717, 1.165) is 4.90 Å². The number of nitrogens with one attached hydrogen (secondary N) is 3. The molecule has 21 heteroatoms. The van der Waals surface area contributed by atoms with E-state index >= 15 is 4.79 Å². The van der Waals surface area contributed by atoms with Crippen LogP contribution in [0.1, 0.15) is 91.2 Å². The van der Waals surface area contributed by atoms with Crippen LogP contribution in [-0.2, 0) is 33.9 Å². The van der Waals surface area contributed by atoms with Crippen molar-refractivity contribution in [1.82, 2.24) is 30.2 Å². The second-order valence-electron chi connectivity index (χ2n) is 18.0. The van der Waals surface area contributed by atoms with Gasteiger partial charge in [0.2, 0.25) is 33.3 Å². The lowest BCUT2D eigenvalue weighted by atomic mass is 9.87. The van der Waals surface area contributed by atoms with Gasteiger partial charge in [-0.2, -0.15) is 13.2 Å². The number of rotatable bonds is 12. The Morgan fingerprint density at radius 2 is 1.79 bits per heavy atom. The number of methoxy groups -OCH3 is 2. The van der Waals surface area contributed by atoms with Crippen LogP contribution in [0.25, 0.3) is 11.0 Å². The van der Waals surface area contributed by atoms with Gasteiger partial charge in [-0.25, -0.2) is 27.6 Å². The Hall–Kier alpha value is -4.79. The van der Waals surface area contributed by atoms with Crippen LogP contribution in [0, 0.1) is 17.8 Å². The Bertz CT molecular complexity index is 2220. The molecule has 3 fully saturated rings. The first kappa shape index (κ1) is 47.7. The van der Waals surface area contributed by atoms with Crippen LogP contribution >= 0.6 is 0 Å². The Morgan fingerprint density at radius 3 is 2.41 bits per heavy atom. The third-order valence-electron chi connectivity index (χ3n) is 12.5. The Labute approximate surface area is 363 Å². The quantitative estimate of drug-likeness (QED) is 0.190. The number of amides is 4. The van der Waals surface area contributed by atoms with E-state index in [1.54, 1.807) is 30.4 Å². The summed E-state index contributed by atoms with van der Waals surface area (Å²) < 4.78 is 105. The molecule has 3 heterocycles. The molecular weight excluding hydrogens is 857 g/mol. The highest BCUT2D eigenvalue weighted by atomic mass is 32.2. The van der Waals surface area contributed by atoms with Crippen LogP contribution in [0.15, 0.2) is 30.4 Å². The van der Waals surface area contributed by atoms with E-state index in [-0.39, 0.29) is 63.0 Å². The predicted octanol–water partition coefficient (Wildman–Crippen LogP) is 5.01. The number of hydrogen-bond acceptors (Lipinski definition) is 12. The maximum atomic E-state index is 15.1. The fourth-order valence-corrected chi connectivity index (χ4v) is 9.60. The van der Waals surface area contributed by atoms with Gasteiger partial charge >= 0.3 is 12.3 Å². The van der Waals surface area contributed by atoms with Gasteiger partial charge in [0.25, 0.3) is 5.91 Å². The summed E-state index contributed by atoms with van der Waals surface area (Å²) in [5.74, 6) is -4.11. The summed E-state index contributed by atoms with van der Waals surface area (Å²) >= 11 is 0. The van der Waals surface area contributed by atoms with E-state index in [1.165, 1.54) is 14.2 Å². The van der Waals surface area contributed by atoms with E-state index in [2.05, 4.69) is 10.6 Å². The summed E-state index contributed by atoms with van der Waals surface area (Å²) in [4.78, 5) is 67.7. The van der Waals surface area contributed by atoms with Crippen molar-refractivity contribution in [3.05, 3.63) is 36.0 Å². The topological polar surface area (TPSA) is 204 Å². The lowest BCUT2D eigenvalue weighted by Gasteiger charge is -2.35. The van der Waals surface area contributed by atoms with Gasteiger partial charge < -0.3 is 34.5 Å². The highest BCUT2D eigenvalue weighted by Crippen LogP contribution is 2.48. The number of aromatic nitrogens is 2. The first-order chi connectivity index (χ1) is 29.5. The molecule has 2 saturated carbocycles. The smallest absolute Gasteiger partial charge is 0.427 e. The highest BCUT2D eigenvalue weighted by Gasteiger charge is 2.64. The van der Waals surface area contributed by atoms with Crippen LogP contribution in [-0.4, -0.2) is 121 Å². The van der Waals surface area contributed by atoms with Crippen LogP contribution in [0.3, 0.4) is 0 Å². The Balaban J connectivity index is 1.40. The molecule has 7 unspecified atom stereocenters. The molecule has 63 heavy (non-hydrogen) atoms. The van der Waals surface area contributed by atoms with Crippen molar-refractivity contribution in [2.24, 2.45) is 17.8 Å². The number of sulfonamides is 1. The van der Waals surface area contributed by atoms with E-state index in [4.69, 9.17) is 28.9 Å². The van der Waals surface area contributed by atoms with Gasteiger partial charge in [0.15, 0.2) is 0 Å². The molecule has 0 spiro atoms. The van der Waals surface area contributed by atoms with Gasteiger partial charge in [-0.1, -0.05) is 32.9 Å². The molecule has 2 aliphatic carbocycles. The number of benzene rings is 1. The lowest BCUT2D eigenvalue weighted by Crippen LogP contribution is -2.60. The number of ether oxygens (including phenoxy) is 4. The summed E-state index contributed by atoms with van der Waals surface area (Å²) in [6, 6.07) is 2.08. The molecule has 0 radical (unpaired) electrons. The third-order valence-corrected chi connectivity index (χ3v) is 14.6. The standard InChI is InChI=1S/C42H56F4N6O10S/c1-23(2)32-35(48-30-17-27(60-7)12-13-29(30)47-32)61-28-18-31-34(53)50-41(37(55)51-63(57,58)40(22-43)14-15-40)19-26(41)11-9-8-10-24(3)16-25(21-59-6)33(36(54)52(31)20-28)49-38(56)62-39(4,5)42(44,45)46/h9,11-13,17,23-26,28,31,33H,8,10,14-16,18-22H2,1-7H3,(H,49,56)(H,50,53)(H,51,55). The summed E-state index contributed by atoms with van der Waals surface area (Å²) in [7, 11) is -1.63. The van der Waals surface area contributed by atoms with Gasteiger partial charge in [0.05, 0.1) is 31.3 Å². The molecule has 2 aliphatic heterocycles. The minimum Gasteiger partial charge on any atom is -0.497 e. The molecule has 1 aromatic carbocycles.